The number of nitrogens with zero attached hydrogens (tertiary/aromatic N) is 2. The minimum atomic E-state index is -0.524. The number of aromatic nitrogens is 2. The molecule has 0 amide bonds. The fraction of sp³-hybridized carbons (Fsp3) is 0.789. The maximum absolute atomic E-state index is 10.5. The third-order valence-electron chi connectivity index (χ3n) is 5.83. The molecule has 1 aromatic heterocycles. The van der Waals surface area contributed by atoms with E-state index in [9.17, 15) is 5.11 Å². The van der Waals surface area contributed by atoms with E-state index >= 15 is 0 Å². The van der Waals surface area contributed by atoms with Gasteiger partial charge in [0, 0.05) is 25.4 Å². The number of hydrogen-bond donors (Lipinski definition) is 3. The monoisotopic (exact) mass is 348 g/mol. The predicted molar refractivity (Wildman–Crippen MR) is 99.8 cm³/mol. The van der Waals surface area contributed by atoms with Gasteiger partial charge in [-0.15, -0.1) is 0 Å². The molecular formula is C19H32N4O2. The van der Waals surface area contributed by atoms with Crippen LogP contribution >= 0.6 is 0 Å². The van der Waals surface area contributed by atoms with Gasteiger partial charge in [-0.1, -0.05) is 6.92 Å². The van der Waals surface area contributed by atoms with E-state index in [1.807, 2.05) is 6.07 Å². The van der Waals surface area contributed by atoms with Crippen molar-refractivity contribution in [3.8, 4) is 0 Å². The Morgan fingerprint density at radius 1 is 1.20 bits per heavy atom. The van der Waals surface area contributed by atoms with E-state index in [2.05, 4.69) is 27.5 Å². The average Bonchev–Trinajstić information content (AvgIpc) is 2.63. The Balaban J connectivity index is 1.55. The van der Waals surface area contributed by atoms with Crippen molar-refractivity contribution in [3.63, 3.8) is 0 Å². The predicted octanol–water partition coefficient (Wildman–Crippen LogP) is 3.34. The van der Waals surface area contributed by atoms with Crippen LogP contribution in [0.15, 0.2) is 12.3 Å². The lowest BCUT2D eigenvalue weighted by molar-refractivity contribution is -0.00326. The van der Waals surface area contributed by atoms with Gasteiger partial charge < -0.3 is 20.5 Å². The Morgan fingerprint density at radius 3 is 2.72 bits per heavy atom. The van der Waals surface area contributed by atoms with E-state index in [-0.39, 0.29) is 6.04 Å². The zero-order valence-electron chi connectivity index (χ0n) is 15.5. The fourth-order valence-electron chi connectivity index (χ4n) is 4.13. The Kier molecular flexibility index (Phi) is 6.12. The highest BCUT2D eigenvalue weighted by Gasteiger charge is 2.32. The van der Waals surface area contributed by atoms with E-state index in [4.69, 9.17) is 4.74 Å². The van der Waals surface area contributed by atoms with Gasteiger partial charge in [0.05, 0.1) is 11.7 Å². The van der Waals surface area contributed by atoms with Crippen LogP contribution in [0.3, 0.4) is 0 Å². The Morgan fingerprint density at radius 2 is 2.00 bits per heavy atom. The Hall–Kier alpha value is -1.40. The number of rotatable bonds is 6. The van der Waals surface area contributed by atoms with Crippen molar-refractivity contribution < 1.29 is 9.84 Å². The molecule has 0 bridgehead atoms. The summed E-state index contributed by atoms with van der Waals surface area (Å²) in [6, 6.07) is 2.60. The van der Waals surface area contributed by atoms with Crippen molar-refractivity contribution >= 4 is 11.8 Å². The molecule has 140 valence electrons. The molecule has 1 heterocycles. The van der Waals surface area contributed by atoms with Crippen LogP contribution in [-0.2, 0) is 4.74 Å². The van der Waals surface area contributed by atoms with Crippen molar-refractivity contribution in [2.75, 3.05) is 17.7 Å². The first-order valence-corrected chi connectivity index (χ1v) is 9.71. The van der Waals surface area contributed by atoms with Crippen molar-refractivity contribution in [2.45, 2.75) is 88.5 Å². The first-order chi connectivity index (χ1) is 12.1. The highest BCUT2D eigenvalue weighted by molar-refractivity contribution is 5.41. The molecule has 2 aliphatic rings. The highest BCUT2D eigenvalue weighted by Crippen LogP contribution is 2.32. The number of anilines is 2. The molecule has 0 aliphatic heterocycles. The van der Waals surface area contributed by atoms with Crippen molar-refractivity contribution in [3.05, 3.63) is 12.3 Å². The summed E-state index contributed by atoms with van der Waals surface area (Å²) in [4.78, 5) is 9.00. The zero-order valence-corrected chi connectivity index (χ0v) is 15.5. The molecule has 2 saturated carbocycles. The molecule has 3 rings (SSSR count). The average molecular weight is 348 g/mol. The van der Waals surface area contributed by atoms with E-state index in [1.54, 1.807) is 13.3 Å². The van der Waals surface area contributed by atoms with Gasteiger partial charge in [-0.25, -0.2) is 4.98 Å². The smallest absolute Gasteiger partial charge is 0.224 e. The van der Waals surface area contributed by atoms with Crippen LogP contribution in [0.1, 0.15) is 64.7 Å². The van der Waals surface area contributed by atoms with Crippen LogP contribution in [0, 0.1) is 0 Å². The molecular weight excluding hydrogens is 316 g/mol. The molecule has 0 unspecified atom stereocenters. The van der Waals surface area contributed by atoms with Crippen LogP contribution in [0.2, 0.25) is 0 Å². The Bertz CT molecular complexity index is 548. The normalized spacial score (nSPS) is 33.0. The number of hydrogen-bond acceptors (Lipinski definition) is 6. The van der Waals surface area contributed by atoms with Gasteiger partial charge in [-0.3, -0.25) is 0 Å². The zero-order chi connectivity index (χ0) is 17.7. The van der Waals surface area contributed by atoms with Crippen molar-refractivity contribution in [1.29, 1.82) is 0 Å². The summed E-state index contributed by atoms with van der Waals surface area (Å²) in [7, 11) is 1.79. The van der Waals surface area contributed by atoms with Gasteiger partial charge in [-0.05, 0) is 63.9 Å². The van der Waals surface area contributed by atoms with Crippen LogP contribution in [0.4, 0.5) is 11.8 Å². The topological polar surface area (TPSA) is 79.3 Å². The van der Waals surface area contributed by atoms with Gasteiger partial charge in [0.15, 0.2) is 0 Å². The lowest BCUT2D eigenvalue weighted by Crippen LogP contribution is -2.40. The minimum Gasteiger partial charge on any atom is -0.390 e. The van der Waals surface area contributed by atoms with Gasteiger partial charge >= 0.3 is 0 Å². The molecule has 3 N–H and O–H groups in total. The summed E-state index contributed by atoms with van der Waals surface area (Å²) in [6.07, 6.45) is 11.2. The van der Waals surface area contributed by atoms with Crippen LogP contribution < -0.4 is 10.6 Å². The maximum atomic E-state index is 10.5. The summed E-state index contributed by atoms with van der Waals surface area (Å²) in [5.41, 5.74) is -0.524. The lowest BCUT2D eigenvalue weighted by Gasteiger charge is -2.36. The molecule has 0 saturated heterocycles. The Labute approximate surface area is 150 Å². The van der Waals surface area contributed by atoms with Crippen LogP contribution in [0.5, 0.6) is 0 Å². The molecule has 2 fully saturated rings. The summed E-state index contributed by atoms with van der Waals surface area (Å²) < 4.78 is 5.43. The van der Waals surface area contributed by atoms with E-state index in [1.165, 1.54) is 0 Å². The SMILES string of the molecule is CC[C@@]1(O)CCC[C@@H](Nc2ccnc(NC3CCC(OC)CC3)n2)C1. The van der Waals surface area contributed by atoms with Gasteiger partial charge in [-0.2, -0.15) is 4.98 Å². The largest absolute Gasteiger partial charge is 0.390 e. The van der Waals surface area contributed by atoms with Gasteiger partial charge in [0.25, 0.3) is 0 Å². The third kappa shape index (κ3) is 5.05. The maximum Gasteiger partial charge on any atom is 0.224 e. The van der Waals surface area contributed by atoms with E-state index in [0.29, 0.717) is 18.1 Å². The van der Waals surface area contributed by atoms with Crippen LogP contribution in [-0.4, -0.2) is 46.0 Å². The standard InChI is InChI=1S/C19H32N4O2/c1-3-19(24)11-4-5-15(13-19)21-17-10-12-20-18(23-17)22-14-6-8-16(25-2)9-7-14/h10,12,14-16,24H,3-9,11,13H2,1-2H3,(H2,20,21,22,23)/t14?,15-,16?,19-/m1/s1. The third-order valence-corrected chi connectivity index (χ3v) is 5.83. The first kappa shape index (κ1) is 18.4. The van der Waals surface area contributed by atoms with E-state index < -0.39 is 5.60 Å². The quantitative estimate of drug-likeness (QED) is 0.732. The number of methoxy groups -OCH3 is 1. The number of aliphatic hydroxyl groups is 1. The summed E-state index contributed by atoms with van der Waals surface area (Å²) in [5, 5.41) is 17.5. The second-order valence-corrected chi connectivity index (χ2v) is 7.63. The molecule has 6 heteroatoms. The van der Waals surface area contributed by atoms with Crippen LogP contribution in [0.25, 0.3) is 0 Å². The number of ether oxygens (including phenoxy) is 1. The lowest BCUT2D eigenvalue weighted by atomic mass is 9.80. The molecule has 2 atom stereocenters. The highest BCUT2D eigenvalue weighted by atomic mass is 16.5. The van der Waals surface area contributed by atoms with Gasteiger partial charge in [0.1, 0.15) is 5.82 Å². The summed E-state index contributed by atoms with van der Waals surface area (Å²) in [6.45, 7) is 2.06. The molecule has 6 nitrogen and oxygen atoms in total. The molecule has 2 aliphatic carbocycles. The van der Waals surface area contributed by atoms with E-state index in [0.717, 1.165) is 63.6 Å². The van der Waals surface area contributed by atoms with Gasteiger partial charge in [0.2, 0.25) is 5.95 Å². The molecule has 0 aromatic carbocycles. The summed E-state index contributed by atoms with van der Waals surface area (Å²) in [5.74, 6) is 1.53. The first-order valence-electron chi connectivity index (χ1n) is 9.71. The van der Waals surface area contributed by atoms with Crippen molar-refractivity contribution in [1.82, 2.24) is 9.97 Å². The molecule has 1 aromatic rings. The second-order valence-electron chi connectivity index (χ2n) is 7.63. The fourth-order valence-corrected chi connectivity index (χ4v) is 4.13. The molecule has 25 heavy (non-hydrogen) atoms. The van der Waals surface area contributed by atoms with Crippen molar-refractivity contribution in [2.24, 2.45) is 0 Å². The summed E-state index contributed by atoms with van der Waals surface area (Å²) >= 11 is 0. The minimum absolute atomic E-state index is 0.276. The molecule has 0 spiro atoms. The second kappa shape index (κ2) is 8.32. The number of nitrogens with one attached hydrogen (secondary N) is 2. The molecule has 0 radical (unpaired) electrons.